The smallest absolute Gasteiger partial charge is 0.272 e. The van der Waals surface area contributed by atoms with Gasteiger partial charge in [0.05, 0.1) is 13.2 Å². The number of piperidine rings is 1. The molecule has 1 N–H and O–H groups in total. The summed E-state index contributed by atoms with van der Waals surface area (Å²) in [4.78, 5) is 18.9. The molecule has 4 rings (SSSR count). The molecule has 2 aromatic rings. The number of hydrogen-bond donors (Lipinski definition) is 1. The third kappa shape index (κ3) is 4.24. The van der Waals surface area contributed by atoms with E-state index in [1.165, 1.54) is 0 Å². The van der Waals surface area contributed by atoms with E-state index in [4.69, 9.17) is 21.1 Å². The Morgan fingerprint density at radius 1 is 1.15 bits per heavy atom. The molecule has 0 bridgehead atoms. The van der Waals surface area contributed by atoms with Gasteiger partial charge in [-0.25, -0.2) is 0 Å². The van der Waals surface area contributed by atoms with E-state index in [0.717, 1.165) is 11.3 Å². The van der Waals surface area contributed by atoms with Crippen molar-refractivity contribution in [3.05, 3.63) is 58.9 Å². The molecule has 142 valence electrons. The first-order valence-corrected chi connectivity index (χ1v) is 9.53. The molecule has 3 heterocycles. The van der Waals surface area contributed by atoms with Crippen LogP contribution in [-0.4, -0.2) is 47.9 Å². The molecular formula is C20H22ClN3O3. The van der Waals surface area contributed by atoms with Crippen molar-refractivity contribution in [1.82, 2.24) is 9.88 Å². The van der Waals surface area contributed by atoms with E-state index in [-0.39, 0.29) is 5.91 Å². The van der Waals surface area contributed by atoms with Crippen LogP contribution in [0.5, 0.6) is 0 Å². The molecule has 7 heteroatoms. The molecule has 6 nitrogen and oxygen atoms in total. The summed E-state index contributed by atoms with van der Waals surface area (Å²) in [6.45, 7) is 3.15. The summed E-state index contributed by atoms with van der Waals surface area (Å²) >= 11 is 5.91. The Balaban J connectivity index is 1.37. The number of nitrogens with one attached hydrogen (secondary N) is 1. The van der Waals surface area contributed by atoms with Gasteiger partial charge in [0.2, 0.25) is 0 Å². The van der Waals surface area contributed by atoms with E-state index < -0.39 is 5.79 Å². The van der Waals surface area contributed by atoms with Crippen molar-refractivity contribution in [1.29, 1.82) is 0 Å². The van der Waals surface area contributed by atoms with Crippen molar-refractivity contribution in [2.75, 3.05) is 31.6 Å². The normalized spacial score (nSPS) is 18.6. The van der Waals surface area contributed by atoms with Crippen LogP contribution in [0.3, 0.4) is 0 Å². The Bertz CT molecular complexity index is 796. The first-order chi connectivity index (χ1) is 13.1. The first kappa shape index (κ1) is 18.2. The second-order valence-corrected chi connectivity index (χ2v) is 7.25. The molecule has 0 atom stereocenters. The van der Waals surface area contributed by atoms with Crippen LogP contribution in [0.1, 0.15) is 28.9 Å². The number of aromatic nitrogens is 1. The summed E-state index contributed by atoms with van der Waals surface area (Å²) in [7, 11) is 0. The van der Waals surface area contributed by atoms with Crippen molar-refractivity contribution in [3.8, 4) is 0 Å². The molecule has 0 aliphatic carbocycles. The number of rotatable bonds is 4. The van der Waals surface area contributed by atoms with E-state index in [1.54, 1.807) is 12.3 Å². The molecule has 1 spiro atoms. The molecule has 2 saturated heterocycles. The van der Waals surface area contributed by atoms with Gasteiger partial charge < -0.3 is 19.7 Å². The van der Waals surface area contributed by atoms with Crippen LogP contribution in [0, 0.1) is 0 Å². The molecule has 0 radical (unpaired) electrons. The number of pyridine rings is 1. The van der Waals surface area contributed by atoms with Gasteiger partial charge in [-0.2, -0.15) is 0 Å². The number of nitrogens with zero attached hydrogens (tertiary/aromatic N) is 2. The maximum absolute atomic E-state index is 12.8. The summed E-state index contributed by atoms with van der Waals surface area (Å²) in [5, 5.41) is 4.04. The van der Waals surface area contributed by atoms with Crippen LogP contribution in [0.4, 0.5) is 5.69 Å². The van der Waals surface area contributed by atoms with Crippen LogP contribution in [0.25, 0.3) is 0 Å². The van der Waals surface area contributed by atoms with Crippen molar-refractivity contribution < 1.29 is 14.3 Å². The topological polar surface area (TPSA) is 63.7 Å². The molecule has 2 aliphatic heterocycles. The maximum Gasteiger partial charge on any atom is 0.272 e. The van der Waals surface area contributed by atoms with E-state index in [0.29, 0.717) is 56.4 Å². The van der Waals surface area contributed by atoms with E-state index in [2.05, 4.69) is 10.3 Å². The Kier molecular flexibility index (Phi) is 5.29. The van der Waals surface area contributed by atoms with Gasteiger partial charge in [0.15, 0.2) is 5.79 Å². The third-order valence-electron chi connectivity index (χ3n) is 5.01. The zero-order valence-corrected chi connectivity index (χ0v) is 15.7. The highest BCUT2D eigenvalue weighted by molar-refractivity contribution is 6.30. The Morgan fingerprint density at radius 2 is 1.85 bits per heavy atom. The monoisotopic (exact) mass is 387 g/mol. The predicted octanol–water partition coefficient (Wildman–Crippen LogP) is 3.33. The second kappa shape index (κ2) is 7.84. The van der Waals surface area contributed by atoms with Crippen LogP contribution in [0.2, 0.25) is 5.02 Å². The summed E-state index contributed by atoms with van der Waals surface area (Å²) in [6.07, 6.45) is 3.06. The van der Waals surface area contributed by atoms with Gasteiger partial charge in [-0.15, -0.1) is 0 Å². The highest BCUT2D eigenvalue weighted by atomic mass is 35.5. The molecule has 0 saturated carbocycles. The number of likely N-dealkylation sites (tertiary alicyclic amines) is 1. The minimum absolute atomic E-state index is 0.0574. The highest BCUT2D eigenvalue weighted by Crippen LogP contribution is 2.31. The molecule has 1 amide bonds. The van der Waals surface area contributed by atoms with Gasteiger partial charge in [0.25, 0.3) is 5.91 Å². The lowest BCUT2D eigenvalue weighted by atomic mass is 10.0. The summed E-state index contributed by atoms with van der Waals surface area (Å²) < 4.78 is 11.4. The second-order valence-electron chi connectivity index (χ2n) is 6.81. The van der Waals surface area contributed by atoms with Gasteiger partial charge in [0, 0.05) is 49.4 Å². The van der Waals surface area contributed by atoms with Crippen LogP contribution < -0.4 is 5.32 Å². The fourth-order valence-corrected chi connectivity index (χ4v) is 3.59. The Labute approximate surface area is 163 Å². The molecular weight excluding hydrogens is 366 g/mol. The average Bonchev–Trinajstić information content (AvgIpc) is 3.16. The van der Waals surface area contributed by atoms with Crippen LogP contribution in [-0.2, 0) is 16.0 Å². The van der Waals surface area contributed by atoms with Crippen molar-refractivity contribution >= 4 is 23.2 Å². The van der Waals surface area contributed by atoms with Crippen LogP contribution >= 0.6 is 11.6 Å². The Morgan fingerprint density at radius 3 is 2.56 bits per heavy atom. The number of carbonyl (C=O) groups excluding carboxylic acids is 1. The van der Waals surface area contributed by atoms with E-state index >= 15 is 0 Å². The number of carbonyl (C=O) groups is 1. The number of amides is 1. The molecule has 1 aromatic carbocycles. The van der Waals surface area contributed by atoms with Gasteiger partial charge in [0.1, 0.15) is 5.69 Å². The summed E-state index contributed by atoms with van der Waals surface area (Å²) in [5.74, 6) is -0.537. The lowest BCUT2D eigenvalue weighted by molar-refractivity contribution is -0.181. The molecule has 0 unspecified atom stereocenters. The van der Waals surface area contributed by atoms with Gasteiger partial charge in [-0.05, 0) is 29.8 Å². The number of anilines is 1. The summed E-state index contributed by atoms with van der Waals surface area (Å²) in [5.41, 5.74) is 2.42. The average molecular weight is 388 g/mol. The number of halogens is 1. The zero-order valence-electron chi connectivity index (χ0n) is 15.0. The largest absolute Gasteiger partial charge is 0.381 e. The third-order valence-corrected chi connectivity index (χ3v) is 5.27. The highest BCUT2D eigenvalue weighted by Gasteiger charge is 2.41. The fourth-order valence-electron chi connectivity index (χ4n) is 3.46. The number of hydrogen-bond acceptors (Lipinski definition) is 5. The van der Waals surface area contributed by atoms with Gasteiger partial charge in [-0.1, -0.05) is 23.7 Å². The van der Waals surface area contributed by atoms with E-state index in [1.807, 2.05) is 35.2 Å². The quantitative estimate of drug-likeness (QED) is 0.871. The van der Waals surface area contributed by atoms with Gasteiger partial charge in [-0.3, -0.25) is 9.78 Å². The molecule has 2 fully saturated rings. The summed E-state index contributed by atoms with van der Waals surface area (Å²) in [6, 6.07) is 11.3. The minimum atomic E-state index is -0.480. The molecule has 27 heavy (non-hydrogen) atoms. The minimum Gasteiger partial charge on any atom is -0.381 e. The van der Waals surface area contributed by atoms with E-state index in [9.17, 15) is 4.79 Å². The Hall–Kier alpha value is -2.15. The fraction of sp³-hybridized carbons (Fsp3) is 0.400. The molecule has 1 aromatic heterocycles. The SMILES string of the molecule is O=C(c1cc(NCc2ccc(Cl)cc2)ccn1)N1CCC2(CC1)OCCO2. The maximum atomic E-state index is 12.8. The van der Waals surface area contributed by atoms with Crippen molar-refractivity contribution in [2.45, 2.75) is 25.2 Å². The first-order valence-electron chi connectivity index (χ1n) is 9.15. The predicted molar refractivity (Wildman–Crippen MR) is 103 cm³/mol. The zero-order chi connectivity index (χ0) is 18.7. The lowest BCUT2D eigenvalue weighted by Crippen LogP contribution is -2.47. The van der Waals surface area contributed by atoms with Crippen molar-refractivity contribution in [2.24, 2.45) is 0 Å². The molecule has 2 aliphatic rings. The number of ether oxygens (including phenoxy) is 2. The standard InChI is InChI=1S/C20H22ClN3O3/c21-16-3-1-15(2-4-16)14-23-17-5-8-22-18(13-17)19(25)24-9-6-20(7-10-24)26-11-12-27-20/h1-5,8,13H,6-7,9-12,14H2,(H,22,23). The lowest BCUT2D eigenvalue weighted by Gasteiger charge is -2.37. The van der Waals surface area contributed by atoms with Gasteiger partial charge >= 0.3 is 0 Å². The van der Waals surface area contributed by atoms with Crippen molar-refractivity contribution in [3.63, 3.8) is 0 Å². The van der Waals surface area contributed by atoms with Crippen LogP contribution in [0.15, 0.2) is 42.6 Å². The number of benzene rings is 1.